The van der Waals surface area contributed by atoms with Crippen molar-refractivity contribution in [1.82, 2.24) is 0 Å². The predicted octanol–water partition coefficient (Wildman–Crippen LogP) is 0.916. The van der Waals surface area contributed by atoms with Crippen molar-refractivity contribution in [3.63, 3.8) is 0 Å². The van der Waals surface area contributed by atoms with Crippen molar-refractivity contribution in [2.24, 2.45) is 0 Å². The SMILES string of the molecule is Cc1cc(-c2ccccc2)cc(-c2ccccc2)[s+]1.[O-][Cl+3]([O-])([O-])[O-]. The Bertz CT molecular complexity index is 710. The first kappa shape index (κ1) is 18.5. The summed E-state index contributed by atoms with van der Waals surface area (Å²) < 4.78 is 34.0. The number of aryl methyl sites for hydroxylation is 1. The van der Waals surface area contributed by atoms with E-state index in [0.717, 1.165) is 0 Å². The van der Waals surface area contributed by atoms with Gasteiger partial charge in [-0.15, -0.1) is 10.2 Å². The molecule has 124 valence electrons. The molecule has 0 atom stereocenters. The quantitative estimate of drug-likeness (QED) is 0.633. The van der Waals surface area contributed by atoms with Gasteiger partial charge in [-0.25, -0.2) is 18.6 Å². The van der Waals surface area contributed by atoms with Crippen LogP contribution in [0.3, 0.4) is 0 Å². The molecule has 0 saturated carbocycles. The van der Waals surface area contributed by atoms with E-state index < -0.39 is 10.2 Å². The second-order valence-electron chi connectivity index (χ2n) is 4.93. The van der Waals surface area contributed by atoms with Crippen LogP contribution in [-0.4, -0.2) is 0 Å². The number of hydrogen-bond acceptors (Lipinski definition) is 4. The highest BCUT2D eigenvalue weighted by atomic mass is 35.7. The van der Waals surface area contributed by atoms with Gasteiger partial charge < -0.3 is 0 Å². The molecule has 0 saturated heterocycles. The number of rotatable bonds is 2. The smallest absolute Gasteiger partial charge is 0.222 e. The van der Waals surface area contributed by atoms with Crippen LogP contribution < -0.4 is 18.6 Å². The van der Waals surface area contributed by atoms with Gasteiger partial charge in [0.25, 0.3) is 0 Å². The van der Waals surface area contributed by atoms with E-state index in [4.69, 9.17) is 18.6 Å². The van der Waals surface area contributed by atoms with Crippen LogP contribution in [0.2, 0.25) is 0 Å². The molecule has 0 spiro atoms. The lowest BCUT2D eigenvalue weighted by Crippen LogP contribution is -2.68. The highest BCUT2D eigenvalue weighted by Gasteiger charge is 2.14. The number of hydrogen-bond donors (Lipinski definition) is 0. The van der Waals surface area contributed by atoms with Gasteiger partial charge >= 0.3 is 0 Å². The maximum Gasteiger partial charge on any atom is 0.238 e. The maximum absolute atomic E-state index is 8.49. The van der Waals surface area contributed by atoms with E-state index in [-0.39, 0.29) is 0 Å². The fourth-order valence-electron chi connectivity index (χ4n) is 2.18. The molecular formula is C18H15ClO4S. The van der Waals surface area contributed by atoms with Crippen LogP contribution in [0.1, 0.15) is 4.88 Å². The number of halogens is 1. The van der Waals surface area contributed by atoms with Crippen molar-refractivity contribution >= 4 is 11.3 Å². The van der Waals surface area contributed by atoms with Gasteiger partial charge in [0, 0.05) is 24.6 Å². The molecule has 0 N–H and O–H groups in total. The lowest BCUT2D eigenvalue weighted by atomic mass is 10.1. The molecule has 0 aliphatic rings. The Hall–Kier alpha value is -1.86. The minimum atomic E-state index is -4.94. The lowest BCUT2D eigenvalue weighted by Gasteiger charge is -2.17. The molecule has 0 unspecified atom stereocenters. The summed E-state index contributed by atoms with van der Waals surface area (Å²) in [5.74, 6) is 0. The highest BCUT2D eigenvalue weighted by Crippen LogP contribution is 2.31. The van der Waals surface area contributed by atoms with Gasteiger partial charge in [-0.2, -0.15) is 0 Å². The lowest BCUT2D eigenvalue weighted by molar-refractivity contribution is -2.00. The number of benzene rings is 2. The molecule has 0 amide bonds. The Labute approximate surface area is 146 Å². The van der Waals surface area contributed by atoms with E-state index in [0.29, 0.717) is 0 Å². The summed E-state index contributed by atoms with van der Waals surface area (Å²) in [5.41, 5.74) is 3.85. The molecule has 0 fully saturated rings. The second kappa shape index (κ2) is 8.30. The molecule has 2 aromatic carbocycles. The molecule has 1 heterocycles. The van der Waals surface area contributed by atoms with Gasteiger partial charge in [-0.1, -0.05) is 48.5 Å². The molecule has 24 heavy (non-hydrogen) atoms. The molecule has 1 aromatic heterocycles. The van der Waals surface area contributed by atoms with E-state index in [1.54, 1.807) is 0 Å². The van der Waals surface area contributed by atoms with Crippen molar-refractivity contribution in [2.45, 2.75) is 6.92 Å². The molecule has 3 aromatic rings. The third kappa shape index (κ3) is 6.33. The summed E-state index contributed by atoms with van der Waals surface area (Å²) in [6, 6.07) is 25.7. The summed E-state index contributed by atoms with van der Waals surface area (Å²) >= 11 is 1.84. The summed E-state index contributed by atoms with van der Waals surface area (Å²) in [5, 5.41) is 0. The van der Waals surface area contributed by atoms with Crippen molar-refractivity contribution < 1.29 is 28.9 Å². The maximum atomic E-state index is 8.49. The van der Waals surface area contributed by atoms with Crippen molar-refractivity contribution in [3.05, 3.63) is 77.7 Å². The Balaban J connectivity index is 0.000000368. The first-order valence-electron chi connectivity index (χ1n) is 7.00. The van der Waals surface area contributed by atoms with Gasteiger partial charge in [-0.05, 0) is 23.3 Å². The molecular weight excluding hydrogens is 348 g/mol. The molecule has 0 aliphatic heterocycles. The molecule has 0 bridgehead atoms. The first-order valence-corrected chi connectivity index (χ1v) is 9.05. The van der Waals surface area contributed by atoms with Crippen molar-refractivity contribution in [3.8, 4) is 21.6 Å². The van der Waals surface area contributed by atoms with Gasteiger partial charge in [0.2, 0.25) is 21.1 Å². The predicted molar refractivity (Wildman–Crippen MR) is 84.3 cm³/mol. The van der Waals surface area contributed by atoms with Crippen LogP contribution in [0.5, 0.6) is 0 Å². The minimum Gasteiger partial charge on any atom is -0.222 e. The molecule has 6 heteroatoms. The molecule has 0 aliphatic carbocycles. The second-order valence-corrected chi connectivity index (χ2v) is 6.97. The van der Waals surface area contributed by atoms with E-state index in [9.17, 15) is 0 Å². The average Bonchev–Trinajstić information content (AvgIpc) is 2.54. The summed E-state index contributed by atoms with van der Waals surface area (Å²) in [6.07, 6.45) is 0. The summed E-state index contributed by atoms with van der Waals surface area (Å²) in [4.78, 5) is 2.65. The van der Waals surface area contributed by atoms with Gasteiger partial charge in [0.05, 0.1) is 0 Å². The van der Waals surface area contributed by atoms with E-state index in [1.807, 2.05) is 11.3 Å². The van der Waals surface area contributed by atoms with Crippen molar-refractivity contribution in [2.75, 3.05) is 0 Å². The van der Waals surface area contributed by atoms with Crippen LogP contribution in [0.25, 0.3) is 21.6 Å². The van der Waals surface area contributed by atoms with Gasteiger partial charge in [0.1, 0.15) is 0 Å². The molecule has 4 nitrogen and oxygen atoms in total. The Morgan fingerprint density at radius 1 is 0.667 bits per heavy atom. The zero-order valence-corrected chi connectivity index (χ0v) is 14.4. The minimum absolute atomic E-state index is 1.27. The third-order valence-electron chi connectivity index (χ3n) is 3.08. The fourth-order valence-corrected chi connectivity index (χ4v) is 3.15. The molecule has 0 radical (unpaired) electrons. The largest absolute Gasteiger partial charge is 0.238 e. The van der Waals surface area contributed by atoms with Crippen LogP contribution >= 0.6 is 11.3 Å². The summed E-state index contributed by atoms with van der Waals surface area (Å²) in [7, 11) is -4.94. The monoisotopic (exact) mass is 362 g/mol. The van der Waals surface area contributed by atoms with Crippen molar-refractivity contribution in [1.29, 1.82) is 0 Å². The standard InChI is InChI=1S/C18H15S.ClHO4/c1-14-12-17(15-8-4-2-5-9-15)13-18(19-14)16-10-6-3-7-11-16;2-1(3,4)5/h2-13H,1H3;(H,2,3,4,5)/q+1;/p-1. The normalized spacial score (nSPS) is 10.7. The van der Waals surface area contributed by atoms with E-state index in [1.165, 1.54) is 26.4 Å². The summed E-state index contributed by atoms with van der Waals surface area (Å²) in [6.45, 7) is 2.17. The Morgan fingerprint density at radius 3 is 1.62 bits per heavy atom. The first-order chi connectivity index (χ1) is 11.3. The van der Waals surface area contributed by atoms with Gasteiger partial charge in [0.15, 0.2) is 0 Å². The Morgan fingerprint density at radius 2 is 1.12 bits per heavy atom. The van der Waals surface area contributed by atoms with E-state index in [2.05, 4.69) is 79.7 Å². The third-order valence-corrected chi connectivity index (χ3v) is 4.10. The zero-order valence-electron chi connectivity index (χ0n) is 12.8. The molecule has 3 rings (SSSR count). The topological polar surface area (TPSA) is 92.2 Å². The fraction of sp³-hybridized carbons (Fsp3) is 0.0556. The average molecular weight is 363 g/mol. The van der Waals surface area contributed by atoms with Crippen LogP contribution in [0.15, 0.2) is 72.8 Å². The van der Waals surface area contributed by atoms with Gasteiger partial charge in [-0.3, -0.25) is 0 Å². The van der Waals surface area contributed by atoms with Crippen LogP contribution in [-0.2, 0) is 0 Å². The van der Waals surface area contributed by atoms with Crippen LogP contribution in [0, 0.1) is 17.2 Å². The Kier molecular flexibility index (Phi) is 6.39. The zero-order chi connectivity index (χ0) is 17.6. The van der Waals surface area contributed by atoms with Crippen LogP contribution in [0.4, 0.5) is 0 Å². The highest BCUT2D eigenvalue weighted by molar-refractivity contribution is 7.15. The van der Waals surface area contributed by atoms with E-state index >= 15 is 0 Å².